The summed E-state index contributed by atoms with van der Waals surface area (Å²) in [5.74, 6) is 0. The zero-order valence-electron chi connectivity index (χ0n) is 13.0. The summed E-state index contributed by atoms with van der Waals surface area (Å²) in [6.45, 7) is 7.07. The number of amides is 1. The molecule has 0 aromatic carbocycles. The Labute approximate surface area is 138 Å². The van der Waals surface area contributed by atoms with Gasteiger partial charge in [-0.25, -0.2) is 4.79 Å². The van der Waals surface area contributed by atoms with Crippen LogP contribution < -0.4 is 0 Å². The maximum atomic E-state index is 12.2. The molecule has 6 heteroatoms. The van der Waals surface area contributed by atoms with Crippen molar-refractivity contribution in [1.29, 1.82) is 0 Å². The van der Waals surface area contributed by atoms with Gasteiger partial charge in [0.1, 0.15) is 5.60 Å². The van der Waals surface area contributed by atoms with Crippen molar-refractivity contribution in [3.8, 4) is 0 Å². The molecule has 0 saturated carbocycles. The van der Waals surface area contributed by atoms with E-state index in [1.807, 2.05) is 33.0 Å². The first kappa shape index (κ1) is 15.3. The highest BCUT2D eigenvalue weighted by molar-refractivity contribution is 9.10. The highest BCUT2D eigenvalue weighted by Crippen LogP contribution is 2.32. The number of rotatable bonds is 1. The lowest BCUT2D eigenvalue weighted by Gasteiger charge is -2.24. The molecule has 0 aliphatic carbocycles. The second-order valence-corrected chi connectivity index (χ2v) is 7.50. The smallest absolute Gasteiger partial charge is 0.410 e. The van der Waals surface area contributed by atoms with Crippen molar-refractivity contribution in [3.05, 3.63) is 29.1 Å². The van der Waals surface area contributed by atoms with Crippen molar-refractivity contribution in [2.75, 3.05) is 13.1 Å². The standard InChI is InChI=1S/C16H20BrN3O2/c1-16(2,3)22-15(21)19-7-5-11(9-19)20-10-13(17)12-8-18-6-4-14(12)20/h4,6,8,10-11H,5,7,9H2,1-3H3/t11-/m1/s1. The molecule has 118 valence electrons. The Morgan fingerprint density at radius 2 is 2.23 bits per heavy atom. The molecule has 0 radical (unpaired) electrons. The number of hydrogen-bond acceptors (Lipinski definition) is 3. The number of pyridine rings is 1. The van der Waals surface area contributed by atoms with Crippen LogP contribution in [0, 0.1) is 0 Å². The summed E-state index contributed by atoms with van der Waals surface area (Å²) >= 11 is 3.58. The van der Waals surface area contributed by atoms with Gasteiger partial charge in [0, 0.05) is 41.5 Å². The lowest BCUT2D eigenvalue weighted by atomic mass is 10.2. The van der Waals surface area contributed by atoms with E-state index in [2.05, 4.69) is 31.7 Å². The Kier molecular flexibility index (Phi) is 3.89. The quantitative estimate of drug-likeness (QED) is 0.767. The Hall–Kier alpha value is -1.56. The van der Waals surface area contributed by atoms with Crippen molar-refractivity contribution < 1.29 is 9.53 Å². The first-order chi connectivity index (χ1) is 10.3. The Morgan fingerprint density at radius 3 is 2.95 bits per heavy atom. The van der Waals surface area contributed by atoms with E-state index in [4.69, 9.17) is 4.74 Å². The van der Waals surface area contributed by atoms with E-state index in [-0.39, 0.29) is 12.1 Å². The number of nitrogens with zero attached hydrogens (tertiary/aromatic N) is 3. The lowest BCUT2D eigenvalue weighted by molar-refractivity contribution is 0.0289. The Morgan fingerprint density at radius 1 is 1.45 bits per heavy atom. The van der Waals surface area contributed by atoms with Gasteiger partial charge >= 0.3 is 6.09 Å². The zero-order valence-corrected chi connectivity index (χ0v) is 14.6. The number of halogens is 1. The van der Waals surface area contributed by atoms with Crippen LogP contribution in [0.4, 0.5) is 4.79 Å². The maximum Gasteiger partial charge on any atom is 0.410 e. The van der Waals surface area contributed by atoms with Crippen LogP contribution in [0.3, 0.4) is 0 Å². The van der Waals surface area contributed by atoms with Gasteiger partial charge in [0.15, 0.2) is 0 Å². The molecule has 2 aromatic rings. The molecule has 1 aliphatic heterocycles. The molecule has 1 saturated heterocycles. The van der Waals surface area contributed by atoms with Gasteiger partial charge in [-0.3, -0.25) is 4.98 Å². The molecule has 1 amide bonds. The molecule has 0 unspecified atom stereocenters. The van der Waals surface area contributed by atoms with Gasteiger partial charge < -0.3 is 14.2 Å². The predicted molar refractivity (Wildman–Crippen MR) is 88.9 cm³/mol. The minimum absolute atomic E-state index is 0.229. The largest absolute Gasteiger partial charge is 0.444 e. The number of ether oxygens (including phenoxy) is 1. The van der Waals surface area contributed by atoms with Crippen LogP contribution in [-0.2, 0) is 4.74 Å². The summed E-state index contributed by atoms with van der Waals surface area (Å²) in [4.78, 5) is 18.1. The molecule has 1 aliphatic rings. The van der Waals surface area contributed by atoms with E-state index in [1.165, 1.54) is 0 Å². The summed E-state index contributed by atoms with van der Waals surface area (Å²) in [5, 5.41) is 1.10. The normalized spacial score (nSPS) is 18.9. The minimum Gasteiger partial charge on any atom is -0.444 e. The topological polar surface area (TPSA) is 47.4 Å². The molecule has 3 heterocycles. The minimum atomic E-state index is -0.454. The number of hydrogen-bond donors (Lipinski definition) is 0. The van der Waals surface area contributed by atoms with Gasteiger partial charge in [0.25, 0.3) is 0 Å². The van der Waals surface area contributed by atoms with Crippen LogP contribution in [0.2, 0.25) is 0 Å². The third-order valence-electron chi connectivity index (χ3n) is 3.79. The van der Waals surface area contributed by atoms with Gasteiger partial charge in [-0.1, -0.05) is 0 Å². The van der Waals surface area contributed by atoms with Crippen molar-refractivity contribution in [1.82, 2.24) is 14.5 Å². The highest BCUT2D eigenvalue weighted by Gasteiger charge is 2.31. The molecule has 1 atom stereocenters. The monoisotopic (exact) mass is 365 g/mol. The number of carbonyl (C=O) groups excluding carboxylic acids is 1. The number of aromatic nitrogens is 2. The van der Waals surface area contributed by atoms with Crippen LogP contribution in [-0.4, -0.2) is 39.2 Å². The fraction of sp³-hybridized carbons (Fsp3) is 0.500. The maximum absolute atomic E-state index is 12.2. The van der Waals surface area contributed by atoms with Gasteiger partial charge in [-0.2, -0.15) is 0 Å². The van der Waals surface area contributed by atoms with Crippen LogP contribution in [0.15, 0.2) is 29.1 Å². The van der Waals surface area contributed by atoms with Crippen molar-refractivity contribution >= 4 is 32.9 Å². The average molecular weight is 366 g/mol. The summed E-state index contributed by atoms with van der Waals surface area (Å²) in [6, 6.07) is 2.28. The van der Waals surface area contributed by atoms with Crippen molar-refractivity contribution in [2.24, 2.45) is 0 Å². The predicted octanol–water partition coefficient (Wildman–Crippen LogP) is 3.98. The van der Waals surface area contributed by atoms with Crippen LogP contribution in [0.1, 0.15) is 33.2 Å². The zero-order chi connectivity index (χ0) is 15.9. The second kappa shape index (κ2) is 5.57. The summed E-state index contributed by atoms with van der Waals surface area (Å²) in [5.41, 5.74) is 0.683. The molecule has 22 heavy (non-hydrogen) atoms. The Balaban J connectivity index is 1.79. The van der Waals surface area contributed by atoms with Crippen molar-refractivity contribution in [3.63, 3.8) is 0 Å². The van der Waals surface area contributed by atoms with Gasteiger partial charge in [0.05, 0.1) is 11.6 Å². The first-order valence-corrected chi connectivity index (χ1v) is 8.22. The summed E-state index contributed by atoms with van der Waals surface area (Å²) in [6.07, 6.45) is 6.43. The molecular weight excluding hydrogens is 346 g/mol. The average Bonchev–Trinajstić information content (AvgIpc) is 3.03. The van der Waals surface area contributed by atoms with Gasteiger partial charge in [-0.05, 0) is 49.2 Å². The molecule has 0 spiro atoms. The van der Waals surface area contributed by atoms with Crippen molar-refractivity contribution in [2.45, 2.75) is 38.8 Å². The fourth-order valence-corrected chi connectivity index (χ4v) is 3.35. The van der Waals surface area contributed by atoms with Gasteiger partial charge in [-0.15, -0.1) is 0 Å². The van der Waals surface area contributed by atoms with E-state index >= 15 is 0 Å². The van der Waals surface area contributed by atoms with E-state index in [0.717, 1.165) is 28.3 Å². The van der Waals surface area contributed by atoms with Gasteiger partial charge in [0.2, 0.25) is 0 Å². The molecule has 3 rings (SSSR count). The van der Waals surface area contributed by atoms with E-state index < -0.39 is 5.60 Å². The molecule has 0 N–H and O–H groups in total. The summed E-state index contributed by atoms with van der Waals surface area (Å²) < 4.78 is 8.72. The van der Waals surface area contributed by atoms with Crippen LogP contribution in [0.5, 0.6) is 0 Å². The third kappa shape index (κ3) is 2.97. The molecule has 2 aromatic heterocycles. The van der Waals surface area contributed by atoms with E-state index in [9.17, 15) is 4.79 Å². The van der Waals surface area contributed by atoms with E-state index in [1.54, 1.807) is 11.1 Å². The number of fused-ring (bicyclic) bond motifs is 1. The lowest BCUT2D eigenvalue weighted by Crippen LogP contribution is -2.35. The number of likely N-dealkylation sites (tertiary alicyclic amines) is 1. The Bertz CT molecular complexity index is 705. The summed E-state index contributed by atoms with van der Waals surface area (Å²) in [7, 11) is 0. The molecule has 0 bridgehead atoms. The first-order valence-electron chi connectivity index (χ1n) is 7.43. The molecule has 1 fully saturated rings. The fourth-order valence-electron chi connectivity index (χ4n) is 2.82. The second-order valence-electron chi connectivity index (χ2n) is 6.65. The number of carbonyl (C=O) groups is 1. The highest BCUT2D eigenvalue weighted by atomic mass is 79.9. The van der Waals surface area contributed by atoms with E-state index in [0.29, 0.717) is 6.54 Å². The third-order valence-corrected chi connectivity index (χ3v) is 4.43. The van der Waals surface area contributed by atoms with Crippen LogP contribution >= 0.6 is 15.9 Å². The molecule has 5 nitrogen and oxygen atoms in total. The SMILES string of the molecule is CC(C)(C)OC(=O)N1CC[C@@H](n2cc(Br)c3cnccc32)C1. The van der Waals surface area contributed by atoms with Crippen LogP contribution in [0.25, 0.3) is 10.9 Å². The molecular formula is C16H20BrN3O2.